The van der Waals surface area contributed by atoms with Crippen LogP contribution in [0.3, 0.4) is 0 Å². The van der Waals surface area contributed by atoms with E-state index in [0.29, 0.717) is 0 Å². The fourth-order valence-corrected chi connectivity index (χ4v) is 3.04. The van der Waals surface area contributed by atoms with Crippen molar-refractivity contribution in [3.8, 4) is 22.6 Å². The second kappa shape index (κ2) is 6.84. The maximum Gasteiger partial charge on any atom is 0.134 e. The van der Waals surface area contributed by atoms with Gasteiger partial charge in [-0.05, 0) is 85.6 Å². The number of furan rings is 2. The molecule has 130 valence electrons. The van der Waals surface area contributed by atoms with Crippen LogP contribution >= 0.6 is 0 Å². The molecule has 0 saturated heterocycles. The smallest absolute Gasteiger partial charge is 0.134 e. The van der Waals surface area contributed by atoms with Crippen LogP contribution in [0.1, 0.15) is 11.1 Å². The molecule has 4 nitrogen and oxygen atoms in total. The molecule has 0 saturated carbocycles. The summed E-state index contributed by atoms with van der Waals surface area (Å²) in [6.07, 6.45) is 3.38. The van der Waals surface area contributed by atoms with Gasteiger partial charge in [0.05, 0.1) is 23.9 Å². The normalized spacial score (nSPS) is 10.7. The molecule has 4 heteroatoms. The van der Waals surface area contributed by atoms with E-state index in [1.54, 1.807) is 12.5 Å². The first-order chi connectivity index (χ1) is 12.7. The summed E-state index contributed by atoms with van der Waals surface area (Å²) in [5.41, 5.74) is 13.0. The minimum absolute atomic E-state index is 0.881. The zero-order valence-electron chi connectivity index (χ0n) is 14.7. The second-order valence-corrected chi connectivity index (χ2v) is 6.26. The van der Waals surface area contributed by atoms with E-state index in [1.807, 2.05) is 36.4 Å². The molecule has 0 atom stereocenters. The Morgan fingerprint density at radius 3 is 1.42 bits per heavy atom. The third-order valence-electron chi connectivity index (χ3n) is 4.38. The lowest BCUT2D eigenvalue weighted by Crippen LogP contribution is -2.09. The molecule has 0 aliphatic rings. The highest BCUT2D eigenvalue weighted by Gasteiger charge is 2.07. The van der Waals surface area contributed by atoms with Crippen molar-refractivity contribution < 1.29 is 8.83 Å². The largest absolute Gasteiger partial charge is 0.464 e. The molecule has 4 rings (SSSR count). The topological polar surface area (TPSA) is 50.3 Å². The third kappa shape index (κ3) is 3.22. The van der Waals surface area contributed by atoms with Gasteiger partial charge >= 0.3 is 0 Å². The van der Waals surface area contributed by atoms with E-state index in [4.69, 9.17) is 8.83 Å². The molecule has 2 heterocycles. The minimum atomic E-state index is 0.881. The van der Waals surface area contributed by atoms with Crippen LogP contribution in [0.15, 0.2) is 82.0 Å². The van der Waals surface area contributed by atoms with E-state index in [9.17, 15) is 0 Å². The predicted octanol–water partition coefficient (Wildman–Crippen LogP) is 6.26. The standard InChI is InChI=1S/C22H20N2O2/c1-15-13-17(7-9-19(15)21-5-3-11-25-21)23-24-18-8-10-20(16(2)14-18)22-6-4-12-26-22/h3-14,23-24H,1-2H3. The van der Waals surface area contributed by atoms with Crippen molar-refractivity contribution in [3.05, 3.63) is 84.3 Å². The Hall–Kier alpha value is -3.40. The summed E-state index contributed by atoms with van der Waals surface area (Å²) in [5, 5.41) is 0. The van der Waals surface area contributed by atoms with E-state index in [0.717, 1.165) is 45.1 Å². The highest BCUT2D eigenvalue weighted by molar-refractivity contribution is 5.69. The molecule has 2 N–H and O–H groups in total. The maximum atomic E-state index is 5.48. The van der Waals surface area contributed by atoms with Crippen molar-refractivity contribution in [2.45, 2.75) is 13.8 Å². The SMILES string of the molecule is Cc1cc(NNc2ccc(-c3ccco3)c(C)c2)ccc1-c1ccco1. The number of anilines is 2. The van der Waals surface area contributed by atoms with Gasteiger partial charge in [0.2, 0.25) is 0 Å². The van der Waals surface area contributed by atoms with Crippen LogP contribution in [0.5, 0.6) is 0 Å². The van der Waals surface area contributed by atoms with Crippen molar-refractivity contribution >= 4 is 11.4 Å². The Morgan fingerprint density at radius 2 is 1.08 bits per heavy atom. The lowest BCUT2D eigenvalue weighted by atomic mass is 10.1. The van der Waals surface area contributed by atoms with Gasteiger partial charge in [-0.3, -0.25) is 0 Å². The lowest BCUT2D eigenvalue weighted by Gasteiger charge is -2.13. The summed E-state index contributed by atoms with van der Waals surface area (Å²) in [6, 6.07) is 20.1. The molecule has 0 amide bonds. The Balaban J connectivity index is 1.47. The Kier molecular flexibility index (Phi) is 4.23. The van der Waals surface area contributed by atoms with E-state index < -0.39 is 0 Å². The monoisotopic (exact) mass is 344 g/mol. The number of hydrazine groups is 1. The van der Waals surface area contributed by atoms with Gasteiger partial charge in [-0.2, -0.15) is 0 Å². The van der Waals surface area contributed by atoms with Gasteiger partial charge in [-0.1, -0.05) is 0 Å². The van der Waals surface area contributed by atoms with Gasteiger partial charge in [0.1, 0.15) is 11.5 Å². The quantitative estimate of drug-likeness (QED) is 0.419. The predicted molar refractivity (Wildman–Crippen MR) is 105 cm³/mol. The van der Waals surface area contributed by atoms with Crippen LogP contribution in [0.2, 0.25) is 0 Å². The summed E-state index contributed by atoms with van der Waals surface area (Å²) >= 11 is 0. The highest BCUT2D eigenvalue weighted by Crippen LogP contribution is 2.28. The molecule has 0 unspecified atom stereocenters. The van der Waals surface area contributed by atoms with Gasteiger partial charge in [0, 0.05) is 11.1 Å². The summed E-state index contributed by atoms with van der Waals surface area (Å²) < 4.78 is 11.0. The highest BCUT2D eigenvalue weighted by atomic mass is 16.3. The molecule has 26 heavy (non-hydrogen) atoms. The van der Waals surface area contributed by atoms with Crippen LogP contribution < -0.4 is 10.9 Å². The lowest BCUT2D eigenvalue weighted by molar-refractivity contribution is 0.581. The number of hydrogen-bond acceptors (Lipinski definition) is 4. The summed E-state index contributed by atoms with van der Waals surface area (Å²) in [6.45, 7) is 4.15. The van der Waals surface area contributed by atoms with E-state index >= 15 is 0 Å². The van der Waals surface area contributed by atoms with E-state index in [-0.39, 0.29) is 0 Å². The number of rotatable bonds is 5. The van der Waals surface area contributed by atoms with Crippen molar-refractivity contribution in [1.82, 2.24) is 0 Å². The average molecular weight is 344 g/mol. The molecule has 0 radical (unpaired) electrons. The first-order valence-electron chi connectivity index (χ1n) is 8.52. The first-order valence-corrected chi connectivity index (χ1v) is 8.52. The fraction of sp³-hybridized carbons (Fsp3) is 0.0909. The summed E-state index contributed by atoms with van der Waals surface area (Å²) in [5.74, 6) is 1.76. The zero-order chi connectivity index (χ0) is 17.9. The van der Waals surface area contributed by atoms with Crippen LogP contribution in [0.4, 0.5) is 11.4 Å². The molecular weight excluding hydrogens is 324 g/mol. The van der Waals surface area contributed by atoms with Crippen molar-refractivity contribution in [3.63, 3.8) is 0 Å². The molecule has 2 aromatic carbocycles. The van der Waals surface area contributed by atoms with Gasteiger partial charge in [-0.25, -0.2) is 0 Å². The molecule has 2 aromatic heterocycles. The molecule has 4 aromatic rings. The zero-order valence-corrected chi connectivity index (χ0v) is 14.7. The molecule has 0 spiro atoms. The van der Waals surface area contributed by atoms with Crippen molar-refractivity contribution in [2.75, 3.05) is 10.9 Å². The fourth-order valence-electron chi connectivity index (χ4n) is 3.04. The van der Waals surface area contributed by atoms with Gasteiger partial charge in [-0.15, -0.1) is 0 Å². The van der Waals surface area contributed by atoms with Gasteiger partial charge in [0.15, 0.2) is 0 Å². The number of nitrogens with one attached hydrogen (secondary N) is 2. The Labute approximate surface area is 152 Å². The Morgan fingerprint density at radius 1 is 0.615 bits per heavy atom. The molecule has 0 aliphatic carbocycles. The van der Waals surface area contributed by atoms with E-state index in [2.05, 4.69) is 49.0 Å². The van der Waals surface area contributed by atoms with Crippen LogP contribution in [0.25, 0.3) is 22.6 Å². The van der Waals surface area contributed by atoms with Crippen LogP contribution in [-0.4, -0.2) is 0 Å². The number of benzene rings is 2. The van der Waals surface area contributed by atoms with Gasteiger partial charge in [0.25, 0.3) is 0 Å². The summed E-state index contributed by atoms with van der Waals surface area (Å²) in [7, 11) is 0. The third-order valence-corrected chi connectivity index (χ3v) is 4.38. The van der Waals surface area contributed by atoms with Gasteiger partial charge < -0.3 is 19.7 Å². The minimum Gasteiger partial charge on any atom is -0.464 e. The average Bonchev–Trinajstić information content (AvgIpc) is 3.34. The van der Waals surface area contributed by atoms with Crippen LogP contribution in [0, 0.1) is 13.8 Å². The summed E-state index contributed by atoms with van der Waals surface area (Å²) in [4.78, 5) is 0. The molecule has 0 bridgehead atoms. The van der Waals surface area contributed by atoms with Crippen molar-refractivity contribution in [1.29, 1.82) is 0 Å². The molecule has 0 aliphatic heterocycles. The van der Waals surface area contributed by atoms with Crippen LogP contribution in [-0.2, 0) is 0 Å². The first kappa shape index (κ1) is 16.1. The molecular formula is C22H20N2O2. The maximum absolute atomic E-state index is 5.48. The van der Waals surface area contributed by atoms with E-state index in [1.165, 1.54) is 0 Å². The number of aryl methyl sites for hydroxylation is 2. The Bertz CT molecular complexity index is 919. The molecule has 0 fully saturated rings. The number of hydrogen-bond donors (Lipinski definition) is 2. The second-order valence-electron chi connectivity index (χ2n) is 6.26. The van der Waals surface area contributed by atoms with Crippen molar-refractivity contribution in [2.24, 2.45) is 0 Å².